The fourth-order valence-electron chi connectivity index (χ4n) is 3.38. The van der Waals surface area contributed by atoms with Gasteiger partial charge in [0.25, 0.3) is 0 Å². The highest BCUT2D eigenvalue weighted by Crippen LogP contribution is 2.43. The van der Waals surface area contributed by atoms with Crippen molar-refractivity contribution in [2.75, 3.05) is 24.8 Å². The standard InChI is InChI=1S/C23H26N4O3S/c1-4-6-14-31-23-25-22-19(26-27-23)15-10-7-8-12-17(15)24-21(30-22)16-11-9-13-18(29-5-2)20(16)28-3/h7-13,21,24H,4-6,14H2,1-3H3/t21-/m1/s1. The number of thioether (sulfide) groups is 1. The van der Waals surface area contributed by atoms with E-state index in [1.54, 1.807) is 18.9 Å². The molecule has 1 aliphatic rings. The molecule has 0 saturated heterocycles. The van der Waals surface area contributed by atoms with Crippen LogP contribution in [0.15, 0.2) is 47.6 Å². The van der Waals surface area contributed by atoms with Gasteiger partial charge in [0.2, 0.25) is 17.3 Å². The lowest BCUT2D eigenvalue weighted by Gasteiger charge is -2.22. The van der Waals surface area contributed by atoms with E-state index in [0.29, 0.717) is 34.8 Å². The first kappa shape index (κ1) is 21.2. The van der Waals surface area contributed by atoms with Gasteiger partial charge in [-0.15, -0.1) is 10.2 Å². The van der Waals surface area contributed by atoms with Gasteiger partial charge in [0, 0.05) is 17.0 Å². The first-order valence-corrected chi connectivity index (χ1v) is 11.4. The second-order valence-electron chi connectivity index (χ2n) is 6.95. The van der Waals surface area contributed by atoms with Crippen molar-refractivity contribution in [1.29, 1.82) is 0 Å². The molecule has 0 aliphatic carbocycles. The molecule has 1 aromatic heterocycles. The zero-order valence-electron chi connectivity index (χ0n) is 17.9. The van der Waals surface area contributed by atoms with Gasteiger partial charge in [-0.1, -0.05) is 49.4 Å². The van der Waals surface area contributed by atoms with E-state index < -0.39 is 6.23 Å². The zero-order valence-corrected chi connectivity index (χ0v) is 18.7. The van der Waals surface area contributed by atoms with Crippen LogP contribution in [0.3, 0.4) is 0 Å². The van der Waals surface area contributed by atoms with E-state index in [4.69, 9.17) is 14.2 Å². The van der Waals surface area contributed by atoms with Crippen LogP contribution in [0.4, 0.5) is 5.69 Å². The summed E-state index contributed by atoms with van der Waals surface area (Å²) in [4.78, 5) is 4.69. The molecule has 7 nitrogen and oxygen atoms in total. The lowest BCUT2D eigenvalue weighted by molar-refractivity contribution is 0.217. The Morgan fingerprint density at radius 3 is 2.77 bits per heavy atom. The predicted molar refractivity (Wildman–Crippen MR) is 122 cm³/mol. The maximum Gasteiger partial charge on any atom is 0.247 e. The quantitative estimate of drug-likeness (QED) is 0.373. The molecule has 0 saturated carbocycles. The van der Waals surface area contributed by atoms with Gasteiger partial charge in [-0.25, -0.2) is 0 Å². The summed E-state index contributed by atoms with van der Waals surface area (Å²) < 4.78 is 17.8. The molecule has 0 spiro atoms. The predicted octanol–water partition coefficient (Wildman–Crippen LogP) is 5.34. The fraction of sp³-hybridized carbons (Fsp3) is 0.348. The van der Waals surface area contributed by atoms with Crippen molar-refractivity contribution in [2.45, 2.75) is 38.1 Å². The zero-order chi connectivity index (χ0) is 21.6. The number of hydrogen-bond donors (Lipinski definition) is 1. The molecule has 0 fully saturated rings. The molecule has 1 aliphatic heterocycles. The van der Waals surface area contributed by atoms with Crippen molar-refractivity contribution < 1.29 is 14.2 Å². The number of para-hydroxylation sites is 2. The second-order valence-corrected chi connectivity index (χ2v) is 8.01. The van der Waals surface area contributed by atoms with Gasteiger partial charge >= 0.3 is 0 Å². The average molecular weight is 439 g/mol. The van der Waals surface area contributed by atoms with Crippen LogP contribution in [-0.2, 0) is 0 Å². The summed E-state index contributed by atoms with van der Waals surface area (Å²) in [5, 5.41) is 12.9. The molecule has 0 radical (unpaired) electrons. The molecule has 162 valence electrons. The number of unbranched alkanes of at least 4 members (excludes halogenated alkanes) is 1. The highest BCUT2D eigenvalue weighted by atomic mass is 32.2. The Balaban J connectivity index is 1.77. The van der Waals surface area contributed by atoms with Crippen LogP contribution in [0.1, 0.15) is 38.5 Å². The number of rotatable bonds is 8. The van der Waals surface area contributed by atoms with Crippen LogP contribution >= 0.6 is 11.8 Å². The summed E-state index contributed by atoms with van der Waals surface area (Å²) in [6.07, 6.45) is 1.68. The average Bonchev–Trinajstić information content (AvgIpc) is 2.96. The Bertz CT molecular complexity index is 1050. The third-order valence-electron chi connectivity index (χ3n) is 4.86. The Morgan fingerprint density at radius 2 is 1.97 bits per heavy atom. The van der Waals surface area contributed by atoms with Crippen molar-refractivity contribution in [3.05, 3.63) is 48.0 Å². The third kappa shape index (κ3) is 4.54. The van der Waals surface area contributed by atoms with Crippen molar-refractivity contribution in [3.63, 3.8) is 0 Å². The molecular formula is C23H26N4O3S. The third-order valence-corrected chi connectivity index (χ3v) is 5.78. The Kier molecular flexibility index (Phi) is 6.76. The Hall–Kier alpha value is -3.00. The normalized spacial score (nSPS) is 14.5. The summed E-state index contributed by atoms with van der Waals surface area (Å²) in [7, 11) is 1.63. The first-order valence-electron chi connectivity index (χ1n) is 10.4. The summed E-state index contributed by atoms with van der Waals surface area (Å²) in [6, 6.07) is 13.7. The van der Waals surface area contributed by atoms with Crippen LogP contribution in [0, 0.1) is 0 Å². The van der Waals surface area contributed by atoms with Crippen LogP contribution in [0.2, 0.25) is 0 Å². The second kappa shape index (κ2) is 9.87. The molecule has 2 aromatic carbocycles. The first-order chi connectivity index (χ1) is 15.2. The minimum absolute atomic E-state index is 0.445. The van der Waals surface area contributed by atoms with Gasteiger partial charge in [-0.2, -0.15) is 4.98 Å². The summed E-state index contributed by atoms with van der Waals surface area (Å²) in [5.74, 6) is 2.68. The van der Waals surface area contributed by atoms with E-state index in [1.807, 2.05) is 49.4 Å². The molecular weight excluding hydrogens is 412 g/mol. The fourth-order valence-corrected chi connectivity index (χ4v) is 4.25. The van der Waals surface area contributed by atoms with Crippen molar-refractivity contribution in [3.8, 4) is 28.6 Å². The minimum Gasteiger partial charge on any atom is -0.492 e. The smallest absolute Gasteiger partial charge is 0.247 e. The number of aromatic nitrogens is 3. The van der Waals surface area contributed by atoms with E-state index in [-0.39, 0.29) is 0 Å². The SMILES string of the molecule is CCCCSc1nnc2c(n1)O[C@H](c1cccc(OCC)c1OC)Nc1ccccc1-2. The summed E-state index contributed by atoms with van der Waals surface area (Å²) in [5.41, 5.74) is 3.21. The van der Waals surface area contributed by atoms with Crippen molar-refractivity contribution >= 4 is 17.4 Å². The van der Waals surface area contributed by atoms with Crippen LogP contribution in [-0.4, -0.2) is 34.7 Å². The number of ether oxygens (including phenoxy) is 3. The monoisotopic (exact) mass is 438 g/mol. The van der Waals surface area contributed by atoms with Gasteiger partial charge < -0.3 is 19.5 Å². The maximum atomic E-state index is 6.37. The number of benzene rings is 2. The van der Waals surface area contributed by atoms with Gasteiger partial charge in [-0.3, -0.25) is 0 Å². The molecule has 4 rings (SSSR count). The lowest BCUT2D eigenvalue weighted by atomic mass is 10.1. The molecule has 0 unspecified atom stereocenters. The van der Waals surface area contributed by atoms with Gasteiger partial charge in [0.05, 0.1) is 19.3 Å². The van der Waals surface area contributed by atoms with Crippen LogP contribution in [0.25, 0.3) is 11.3 Å². The van der Waals surface area contributed by atoms with E-state index >= 15 is 0 Å². The van der Waals surface area contributed by atoms with Gasteiger partial charge in [0.1, 0.15) is 0 Å². The Morgan fingerprint density at radius 1 is 1.10 bits per heavy atom. The van der Waals surface area contributed by atoms with E-state index in [2.05, 4.69) is 27.4 Å². The molecule has 1 atom stereocenters. The van der Waals surface area contributed by atoms with Gasteiger partial charge in [-0.05, 0) is 31.5 Å². The van der Waals surface area contributed by atoms with Gasteiger partial charge in [0.15, 0.2) is 17.2 Å². The number of anilines is 1. The number of nitrogens with one attached hydrogen (secondary N) is 1. The number of fused-ring (bicyclic) bond motifs is 3. The minimum atomic E-state index is -0.539. The highest BCUT2D eigenvalue weighted by molar-refractivity contribution is 7.99. The van der Waals surface area contributed by atoms with Crippen molar-refractivity contribution in [1.82, 2.24) is 15.2 Å². The summed E-state index contributed by atoms with van der Waals surface area (Å²) in [6.45, 7) is 4.65. The maximum absolute atomic E-state index is 6.37. The van der Waals surface area contributed by atoms with Crippen molar-refractivity contribution in [2.24, 2.45) is 0 Å². The molecule has 31 heavy (non-hydrogen) atoms. The molecule has 3 aromatic rings. The number of hydrogen-bond acceptors (Lipinski definition) is 8. The molecule has 1 N–H and O–H groups in total. The number of methoxy groups -OCH3 is 1. The number of nitrogens with zero attached hydrogens (tertiary/aromatic N) is 3. The van der Waals surface area contributed by atoms with Crippen LogP contribution in [0.5, 0.6) is 17.4 Å². The topological polar surface area (TPSA) is 78.4 Å². The molecule has 0 bridgehead atoms. The molecule has 2 heterocycles. The Labute approximate surface area is 186 Å². The van der Waals surface area contributed by atoms with E-state index in [9.17, 15) is 0 Å². The molecule has 0 amide bonds. The largest absolute Gasteiger partial charge is 0.492 e. The lowest BCUT2D eigenvalue weighted by Crippen LogP contribution is -2.18. The van der Waals surface area contributed by atoms with E-state index in [1.165, 1.54) is 0 Å². The van der Waals surface area contributed by atoms with E-state index in [0.717, 1.165) is 35.4 Å². The van der Waals surface area contributed by atoms with Crippen LogP contribution < -0.4 is 19.5 Å². The summed E-state index contributed by atoms with van der Waals surface area (Å²) >= 11 is 1.59. The highest BCUT2D eigenvalue weighted by Gasteiger charge is 2.28. The molecule has 8 heteroatoms.